The molecule has 2 aliphatic carbocycles. The average molecular weight is 857 g/mol. The lowest BCUT2D eigenvalue weighted by Crippen LogP contribution is -2.15. The summed E-state index contributed by atoms with van der Waals surface area (Å²) in [6.07, 6.45) is 0. The molecule has 304 valence electrons. The second kappa shape index (κ2) is 12.8. The van der Waals surface area contributed by atoms with Gasteiger partial charge in [-0.1, -0.05) is 113 Å². The van der Waals surface area contributed by atoms with E-state index in [4.69, 9.17) is 8.83 Å². The second-order valence-electron chi connectivity index (χ2n) is 18.9. The molecule has 64 heavy (non-hydrogen) atoms. The van der Waals surface area contributed by atoms with Gasteiger partial charge in [-0.3, -0.25) is 0 Å². The molecule has 0 unspecified atom stereocenters. The number of fused-ring (bicyclic) bond motifs is 13. The van der Waals surface area contributed by atoms with E-state index in [1.54, 1.807) is 0 Å². The zero-order valence-corrected chi connectivity index (χ0v) is 37.4. The van der Waals surface area contributed by atoms with Gasteiger partial charge in [-0.15, -0.1) is 22.7 Å². The van der Waals surface area contributed by atoms with Crippen LogP contribution in [0.1, 0.15) is 49.9 Å². The maximum absolute atomic E-state index is 6.57. The Hall–Kier alpha value is -6.98. The van der Waals surface area contributed by atoms with E-state index in [0.717, 1.165) is 22.3 Å². The van der Waals surface area contributed by atoms with Crippen molar-refractivity contribution in [2.24, 2.45) is 0 Å². The number of rotatable bonds is 4. The van der Waals surface area contributed by atoms with Gasteiger partial charge in [0, 0.05) is 51.5 Å². The number of hydrogen-bond acceptors (Lipinski definition) is 4. The summed E-state index contributed by atoms with van der Waals surface area (Å²) in [5.41, 5.74) is 21.5. The summed E-state index contributed by atoms with van der Waals surface area (Å²) >= 11 is 3.74. The highest BCUT2D eigenvalue weighted by Gasteiger charge is 2.38. The van der Waals surface area contributed by atoms with E-state index in [2.05, 4.69) is 198 Å². The summed E-state index contributed by atoms with van der Waals surface area (Å²) in [4.78, 5) is 2.55. The minimum absolute atomic E-state index is 0.132. The van der Waals surface area contributed by atoms with Gasteiger partial charge in [-0.25, -0.2) is 0 Å². The highest BCUT2D eigenvalue weighted by molar-refractivity contribution is 7.31. The van der Waals surface area contributed by atoms with Crippen molar-refractivity contribution in [2.75, 3.05) is 0 Å². The monoisotopic (exact) mass is 856 g/mol. The molecule has 4 heterocycles. The predicted molar refractivity (Wildman–Crippen MR) is 271 cm³/mol. The first-order valence-electron chi connectivity index (χ1n) is 22.1. The van der Waals surface area contributed by atoms with Crippen LogP contribution in [0, 0.1) is 0 Å². The van der Waals surface area contributed by atoms with Crippen LogP contribution in [0.3, 0.4) is 0 Å². The highest BCUT2D eigenvalue weighted by Crippen LogP contribution is 2.54. The Morgan fingerprint density at radius 3 is 1.14 bits per heavy atom. The third-order valence-electron chi connectivity index (χ3n) is 14.5. The van der Waals surface area contributed by atoms with Gasteiger partial charge >= 0.3 is 0 Å². The first-order valence-corrected chi connectivity index (χ1v) is 23.8. The molecule has 14 rings (SSSR count). The maximum atomic E-state index is 6.57. The van der Waals surface area contributed by atoms with Crippen LogP contribution in [-0.2, 0) is 10.8 Å². The Bertz CT molecular complexity index is 3660. The SMILES string of the molecule is CC1(C)c2cc(-c3ccccc3)ccc2-c2cc3oc4ccc(-c5cc6sc(-c7ccc8oc9cc%10c(cc9c8c7)C(C)(C)c7cc(-c8ccccc8)ccc7-%10)cc6s5)cc4c3cc21. The molecule has 0 aliphatic heterocycles. The van der Waals surface area contributed by atoms with Gasteiger partial charge in [0.2, 0.25) is 0 Å². The Morgan fingerprint density at radius 2 is 0.703 bits per heavy atom. The lowest BCUT2D eigenvalue weighted by atomic mass is 9.81. The molecule has 2 aliphatic rings. The van der Waals surface area contributed by atoms with Crippen LogP contribution in [0.15, 0.2) is 179 Å². The largest absolute Gasteiger partial charge is 0.456 e. The van der Waals surface area contributed by atoms with Gasteiger partial charge < -0.3 is 8.83 Å². The molecule has 0 radical (unpaired) electrons. The Kier molecular flexibility index (Phi) is 7.31. The molecule has 2 nitrogen and oxygen atoms in total. The van der Waals surface area contributed by atoms with Crippen molar-refractivity contribution in [3.8, 4) is 65.4 Å². The number of thiophene rings is 2. The van der Waals surface area contributed by atoms with Crippen molar-refractivity contribution in [1.29, 1.82) is 0 Å². The predicted octanol–water partition coefficient (Wildman–Crippen LogP) is 18.0. The zero-order valence-electron chi connectivity index (χ0n) is 35.8. The standard InChI is InChI=1S/C60H40O2S2/c1-59(2)47-25-35(33-11-7-5-8-12-33)15-19-39(47)41-29-53-45(27-49(41)59)43-23-37(17-21-51(43)61-53)55-31-57-58(63-55)32-56(64-57)38-18-22-52-44(24-38)46-28-50-42(30-54(46)62-52)40-20-16-36(26-48(40)60(50,3)4)34-13-9-6-10-14-34/h5-32H,1-4H3. The normalized spacial score (nSPS) is 14.5. The Labute approximate surface area is 378 Å². The van der Waals surface area contributed by atoms with E-state index in [-0.39, 0.29) is 10.8 Å². The van der Waals surface area contributed by atoms with Crippen molar-refractivity contribution in [3.63, 3.8) is 0 Å². The van der Waals surface area contributed by atoms with Crippen LogP contribution in [-0.4, -0.2) is 0 Å². The fourth-order valence-electron chi connectivity index (χ4n) is 11.1. The summed E-state index contributed by atoms with van der Waals surface area (Å²) in [5.74, 6) is 0. The van der Waals surface area contributed by atoms with Crippen LogP contribution >= 0.6 is 22.7 Å². The molecule has 8 aromatic carbocycles. The summed E-state index contributed by atoms with van der Waals surface area (Å²) < 4.78 is 15.8. The number of hydrogen-bond donors (Lipinski definition) is 0. The first-order chi connectivity index (χ1) is 31.2. The number of benzene rings is 8. The zero-order chi connectivity index (χ0) is 42.6. The van der Waals surface area contributed by atoms with E-state index in [9.17, 15) is 0 Å². The van der Waals surface area contributed by atoms with E-state index in [1.807, 2.05) is 22.7 Å². The summed E-state index contributed by atoms with van der Waals surface area (Å²) in [7, 11) is 0. The van der Waals surface area contributed by atoms with Crippen LogP contribution in [0.5, 0.6) is 0 Å². The molecule has 0 fully saturated rings. The summed E-state index contributed by atoms with van der Waals surface area (Å²) in [6, 6.07) is 62.8. The molecular formula is C60H40O2S2. The molecule has 0 saturated heterocycles. The molecule has 0 saturated carbocycles. The van der Waals surface area contributed by atoms with Crippen molar-refractivity contribution in [3.05, 3.63) is 192 Å². The molecule has 4 heteroatoms. The van der Waals surface area contributed by atoms with E-state index >= 15 is 0 Å². The quantitative estimate of drug-likeness (QED) is 0.176. The average Bonchev–Trinajstić information content (AvgIpc) is 4.16. The molecule has 12 aromatic rings. The topological polar surface area (TPSA) is 26.3 Å². The molecule has 4 aromatic heterocycles. The van der Waals surface area contributed by atoms with E-state index < -0.39 is 0 Å². The molecule has 0 atom stereocenters. The van der Waals surface area contributed by atoms with Gasteiger partial charge in [0.25, 0.3) is 0 Å². The van der Waals surface area contributed by atoms with Crippen molar-refractivity contribution < 1.29 is 8.83 Å². The fraction of sp³-hybridized carbons (Fsp3) is 0.100. The van der Waals surface area contributed by atoms with Crippen LogP contribution in [0.2, 0.25) is 0 Å². The number of furan rings is 2. The second-order valence-corrected chi connectivity index (χ2v) is 21.0. The summed E-state index contributed by atoms with van der Waals surface area (Å²) in [6.45, 7) is 9.45. The first kappa shape index (κ1) is 36.5. The summed E-state index contributed by atoms with van der Waals surface area (Å²) in [5, 5.41) is 4.69. The molecule has 0 bridgehead atoms. The van der Waals surface area contributed by atoms with E-state index in [1.165, 1.54) is 119 Å². The molecule has 0 amide bonds. The lowest BCUT2D eigenvalue weighted by molar-refractivity contribution is 0.657. The third kappa shape index (κ3) is 5.12. The minimum atomic E-state index is -0.132. The van der Waals surface area contributed by atoms with Crippen molar-refractivity contribution in [1.82, 2.24) is 0 Å². The van der Waals surface area contributed by atoms with Gasteiger partial charge in [-0.05, 0) is 163 Å². The van der Waals surface area contributed by atoms with Gasteiger partial charge in [-0.2, -0.15) is 0 Å². The Balaban J connectivity index is 0.792. The third-order valence-corrected chi connectivity index (χ3v) is 16.9. The molecule has 0 N–H and O–H groups in total. The minimum Gasteiger partial charge on any atom is -0.456 e. The van der Waals surface area contributed by atoms with Crippen LogP contribution < -0.4 is 0 Å². The van der Waals surface area contributed by atoms with Gasteiger partial charge in [0.05, 0.1) is 0 Å². The Morgan fingerprint density at radius 1 is 0.312 bits per heavy atom. The van der Waals surface area contributed by atoms with Crippen molar-refractivity contribution in [2.45, 2.75) is 38.5 Å². The van der Waals surface area contributed by atoms with E-state index in [0.29, 0.717) is 0 Å². The highest BCUT2D eigenvalue weighted by atomic mass is 32.1. The van der Waals surface area contributed by atoms with Crippen LogP contribution in [0.25, 0.3) is 119 Å². The van der Waals surface area contributed by atoms with Crippen LogP contribution in [0.4, 0.5) is 0 Å². The maximum Gasteiger partial charge on any atom is 0.136 e. The molecular weight excluding hydrogens is 817 g/mol. The molecule has 0 spiro atoms. The van der Waals surface area contributed by atoms with Gasteiger partial charge in [0.15, 0.2) is 0 Å². The lowest BCUT2D eigenvalue weighted by Gasteiger charge is -2.22. The van der Waals surface area contributed by atoms with Gasteiger partial charge in [0.1, 0.15) is 22.3 Å². The van der Waals surface area contributed by atoms with Crippen molar-refractivity contribution >= 4 is 76.0 Å². The smallest absolute Gasteiger partial charge is 0.136 e. The fourth-order valence-corrected chi connectivity index (χ4v) is 13.4.